The molecule has 0 aromatic heterocycles. The van der Waals surface area contributed by atoms with E-state index in [-0.39, 0.29) is 29.9 Å². The maximum atomic E-state index is 11.1. The van der Waals surface area contributed by atoms with E-state index in [0.29, 0.717) is 18.7 Å². The van der Waals surface area contributed by atoms with E-state index in [0.717, 1.165) is 37.8 Å². The molecule has 0 atom stereocenters. The number of aromatic hydroxyl groups is 1. The van der Waals surface area contributed by atoms with Gasteiger partial charge in [0.25, 0.3) is 0 Å². The number of esters is 1. The van der Waals surface area contributed by atoms with Crippen LogP contribution in [0.5, 0.6) is 5.75 Å². The molecule has 0 saturated carbocycles. The van der Waals surface area contributed by atoms with Crippen molar-refractivity contribution in [2.75, 3.05) is 51.8 Å². The number of ether oxygens (including phenoxy) is 1. The second-order valence-electron chi connectivity index (χ2n) is 5.26. The minimum absolute atomic E-state index is 0. The Labute approximate surface area is 159 Å². The van der Waals surface area contributed by atoms with Gasteiger partial charge in [-0.15, -0.1) is 24.0 Å². The molecular weight excluding hydrogens is 423 g/mol. The van der Waals surface area contributed by atoms with Crippen LogP contribution in [0.25, 0.3) is 0 Å². The van der Waals surface area contributed by atoms with Crippen molar-refractivity contribution in [1.29, 1.82) is 0 Å². The van der Waals surface area contributed by atoms with E-state index in [9.17, 15) is 9.90 Å². The third kappa shape index (κ3) is 5.43. The Morgan fingerprint density at radius 1 is 1.29 bits per heavy atom. The van der Waals surface area contributed by atoms with E-state index in [4.69, 9.17) is 0 Å². The maximum Gasteiger partial charge on any atom is 0.307 e. The van der Waals surface area contributed by atoms with Gasteiger partial charge in [0, 0.05) is 39.8 Å². The highest BCUT2D eigenvalue weighted by atomic mass is 127. The van der Waals surface area contributed by atoms with Gasteiger partial charge in [-0.05, 0) is 12.1 Å². The van der Waals surface area contributed by atoms with Gasteiger partial charge in [0.2, 0.25) is 0 Å². The predicted molar refractivity (Wildman–Crippen MR) is 105 cm³/mol. The van der Waals surface area contributed by atoms with E-state index in [1.807, 2.05) is 18.2 Å². The number of hydrogen-bond donors (Lipinski definition) is 2. The number of rotatable bonds is 4. The average molecular weight is 448 g/mol. The summed E-state index contributed by atoms with van der Waals surface area (Å²) in [5, 5.41) is 13.1. The minimum Gasteiger partial charge on any atom is -0.506 e. The lowest BCUT2D eigenvalue weighted by Crippen LogP contribution is -2.52. The van der Waals surface area contributed by atoms with Gasteiger partial charge in [0.05, 0.1) is 19.2 Å². The first-order valence-corrected chi connectivity index (χ1v) is 7.71. The lowest BCUT2D eigenvalue weighted by atomic mass is 10.2. The normalized spacial score (nSPS) is 14.8. The zero-order chi connectivity index (χ0) is 16.7. The maximum absolute atomic E-state index is 11.1. The summed E-state index contributed by atoms with van der Waals surface area (Å²) < 4.78 is 4.62. The van der Waals surface area contributed by atoms with Crippen LogP contribution in [-0.2, 0) is 9.53 Å². The van der Waals surface area contributed by atoms with Crippen molar-refractivity contribution in [3.8, 4) is 5.75 Å². The summed E-state index contributed by atoms with van der Waals surface area (Å²) in [4.78, 5) is 19.7. The zero-order valence-corrected chi connectivity index (χ0v) is 16.4. The van der Waals surface area contributed by atoms with Crippen LogP contribution in [0.15, 0.2) is 29.3 Å². The number of phenolic OH excluding ortho intramolecular Hbond substituents is 1. The standard InChI is InChI=1S/C16H24N4O3.HI/c1-17-16(18-8-7-15(22)23-2)20-11-9-19(10-12-20)13-5-3-4-6-14(13)21;/h3-6,21H,7-12H2,1-2H3,(H,17,18);1H. The number of nitrogens with zero attached hydrogens (tertiary/aromatic N) is 3. The van der Waals surface area contributed by atoms with Gasteiger partial charge in [0.1, 0.15) is 5.75 Å². The number of guanidine groups is 1. The molecule has 1 aromatic carbocycles. The fourth-order valence-corrected chi connectivity index (χ4v) is 2.60. The van der Waals surface area contributed by atoms with Crippen molar-refractivity contribution in [2.45, 2.75) is 6.42 Å². The summed E-state index contributed by atoms with van der Waals surface area (Å²) >= 11 is 0. The molecule has 2 rings (SSSR count). The Balaban J connectivity index is 0.00000288. The van der Waals surface area contributed by atoms with Gasteiger partial charge in [-0.3, -0.25) is 9.79 Å². The Kier molecular flexibility index (Phi) is 8.66. The van der Waals surface area contributed by atoms with E-state index >= 15 is 0 Å². The highest BCUT2D eigenvalue weighted by Gasteiger charge is 2.21. The number of halogens is 1. The summed E-state index contributed by atoms with van der Waals surface area (Å²) in [7, 11) is 3.12. The molecule has 1 saturated heterocycles. The number of carbonyl (C=O) groups excluding carboxylic acids is 1. The van der Waals surface area contributed by atoms with Crippen molar-refractivity contribution in [2.24, 2.45) is 4.99 Å². The molecule has 7 nitrogen and oxygen atoms in total. The average Bonchev–Trinajstić information content (AvgIpc) is 2.59. The molecule has 134 valence electrons. The van der Waals surface area contributed by atoms with E-state index in [2.05, 4.69) is 24.8 Å². The molecule has 1 heterocycles. The molecule has 24 heavy (non-hydrogen) atoms. The third-order valence-electron chi connectivity index (χ3n) is 3.85. The van der Waals surface area contributed by atoms with Crippen molar-refractivity contribution in [3.63, 3.8) is 0 Å². The highest BCUT2D eigenvalue weighted by Crippen LogP contribution is 2.27. The Morgan fingerprint density at radius 2 is 1.96 bits per heavy atom. The number of para-hydroxylation sites is 2. The van der Waals surface area contributed by atoms with Crippen LogP contribution < -0.4 is 10.2 Å². The van der Waals surface area contributed by atoms with Gasteiger partial charge in [0.15, 0.2) is 5.96 Å². The molecular formula is C16H25IN4O3. The van der Waals surface area contributed by atoms with Gasteiger partial charge in [-0.1, -0.05) is 12.1 Å². The molecule has 1 fully saturated rings. The molecule has 1 aliphatic rings. The van der Waals surface area contributed by atoms with Crippen molar-refractivity contribution in [1.82, 2.24) is 10.2 Å². The summed E-state index contributed by atoms with van der Waals surface area (Å²) in [6, 6.07) is 7.38. The van der Waals surface area contributed by atoms with Crippen molar-refractivity contribution in [3.05, 3.63) is 24.3 Å². The summed E-state index contributed by atoms with van der Waals surface area (Å²) in [6.45, 7) is 3.70. The Morgan fingerprint density at radius 3 is 2.54 bits per heavy atom. The van der Waals surface area contributed by atoms with Gasteiger partial charge in [-0.25, -0.2) is 0 Å². The number of hydrogen-bond acceptors (Lipinski definition) is 5. The molecule has 0 amide bonds. The first-order chi connectivity index (χ1) is 11.2. The topological polar surface area (TPSA) is 77.4 Å². The quantitative estimate of drug-likeness (QED) is 0.313. The van der Waals surface area contributed by atoms with Crippen molar-refractivity contribution < 1.29 is 14.6 Å². The number of benzene rings is 1. The molecule has 1 aromatic rings. The third-order valence-corrected chi connectivity index (χ3v) is 3.85. The van der Waals surface area contributed by atoms with Crippen LogP contribution in [-0.4, -0.2) is 68.8 Å². The summed E-state index contributed by atoms with van der Waals surface area (Å²) in [5.74, 6) is 0.852. The van der Waals surface area contributed by atoms with Crippen molar-refractivity contribution >= 4 is 41.6 Å². The largest absolute Gasteiger partial charge is 0.506 e. The van der Waals surface area contributed by atoms with Crippen LogP contribution in [0, 0.1) is 0 Å². The monoisotopic (exact) mass is 448 g/mol. The molecule has 0 spiro atoms. The first-order valence-electron chi connectivity index (χ1n) is 7.71. The number of piperazine rings is 1. The second kappa shape index (κ2) is 10.2. The number of methoxy groups -OCH3 is 1. The van der Waals surface area contributed by atoms with E-state index in [1.54, 1.807) is 13.1 Å². The molecule has 0 unspecified atom stereocenters. The summed E-state index contributed by atoms with van der Waals surface area (Å²) in [6.07, 6.45) is 0.313. The lowest BCUT2D eigenvalue weighted by molar-refractivity contribution is -0.140. The smallest absolute Gasteiger partial charge is 0.307 e. The molecule has 2 N–H and O–H groups in total. The molecule has 1 aliphatic heterocycles. The van der Waals surface area contributed by atoms with Crippen LogP contribution in [0.3, 0.4) is 0 Å². The fourth-order valence-electron chi connectivity index (χ4n) is 2.60. The first kappa shape index (κ1) is 20.3. The number of aliphatic imine (C=N–C) groups is 1. The number of carbonyl (C=O) groups is 1. The molecule has 0 aliphatic carbocycles. The SMILES string of the molecule is CN=C(NCCC(=O)OC)N1CCN(c2ccccc2O)CC1.I. The Bertz CT molecular complexity index is 560. The van der Waals surface area contributed by atoms with E-state index in [1.165, 1.54) is 7.11 Å². The van der Waals surface area contributed by atoms with Crippen LogP contribution >= 0.6 is 24.0 Å². The second-order valence-corrected chi connectivity index (χ2v) is 5.26. The van der Waals surface area contributed by atoms with Crippen LogP contribution in [0.2, 0.25) is 0 Å². The number of phenols is 1. The van der Waals surface area contributed by atoms with E-state index < -0.39 is 0 Å². The number of nitrogens with one attached hydrogen (secondary N) is 1. The Hall–Kier alpha value is -1.71. The highest BCUT2D eigenvalue weighted by molar-refractivity contribution is 14.0. The predicted octanol–water partition coefficient (Wildman–Crippen LogP) is 1.27. The van der Waals surface area contributed by atoms with Crippen LogP contribution in [0.4, 0.5) is 5.69 Å². The molecule has 8 heteroatoms. The fraction of sp³-hybridized carbons (Fsp3) is 0.500. The van der Waals surface area contributed by atoms with Gasteiger partial charge < -0.3 is 25.0 Å². The zero-order valence-electron chi connectivity index (χ0n) is 14.1. The van der Waals surface area contributed by atoms with Gasteiger partial charge >= 0.3 is 5.97 Å². The molecule has 0 radical (unpaired) electrons. The van der Waals surface area contributed by atoms with Crippen LogP contribution in [0.1, 0.15) is 6.42 Å². The lowest BCUT2D eigenvalue weighted by Gasteiger charge is -2.37. The van der Waals surface area contributed by atoms with Gasteiger partial charge in [-0.2, -0.15) is 0 Å². The number of anilines is 1. The minimum atomic E-state index is -0.239. The summed E-state index contributed by atoms with van der Waals surface area (Å²) in [5.41, 5.74) is 0.862. The molecule has 0 bridgehead atoms.